The summed E-state index contributed by atoms with van der Waals surface area (Å²) >= 11 is 0. The number of nitrogens with zero attached hydrogens (tertiary/aromatic N) is 1. The van der Waals surface area contributed by atoms with Crippen molar-refractivity contribution in [1.29, 1.82) is 0 Å². The van der Waals surface area contributed by atoms with Gasteiger partial charge in [-0.15, -0.1) is 0 Å². The second-order valence-corrected chi connectivity index (χ2v) is 9.01. The third kappa shape index (κ3) is 7.21. The van der Waals surface area contributed by atoms with E-state index in [1.807, 2.05) is 20.8 Å². The number of aromatic nitrogens is 1. The molecule has 0 saturated carbocycles. The van der Waals surface area contributed by atoms with Crippen molar-refractivity contribution >= 4 is 22.0 Å². The Morgan fingerprint density at radius 1 is 1.06 bits per heavy atom. The molecule has 1 heterocycles. The lowest BCUT2D eigenvalue weighted by atomic mass is 9.88. The first-order valence-corrected chi connectivity index (χ1v) is 13.0. The molecule has 0 fully saturated rings. The normalized spacial score (nSPS) is 12.3. The first kappa shape index (κ1) is 30.0. The fraction of sp³-hybridized carbons (Fsp3) is 0.353. The Labute approximate surface area is 215 Å². The highest BCUT2D eigenvalue weighted by molar-refractivity contribution is 5.94. The molecule has 0 spiro atoms. The number of hydrogen-bond acceptors (Lipinski definition) is 0. The van der Waals surface area contributed by atoms with E-state index in [1.54, 1.807) is 6.08 Å². The van der Waals surface area contributed by atoms with Crippen molar-refractivity contribution in [1.82, 2.24) is 4.57 Å². The Morgan fingerprint density at radius 3 is 2.20 bits per heavy atom. The van der Waals surface area contributed by atoms with Crippen LogP contribution in [0.1, 0.15) is 90.5 Å². The summed E-state index contributed by atoms with van der Waals surface area (Å²) in [4.78, 5) is 0. The molecule has 0 aliphatic heterocycles. The van der Waals surface area contributed by atoms with Gasteiger partial charge in [-0.3, -0.25) is 0 Å². The zero-order chi connectivity index (χ0) is 26.7. The summed E-state index contributed by atoms with van der Waals surface area (Å²) in [7, 11) is 0. The van der Waals surface area contributed by atoms with E-state index >= 15 is 0 Å². The third-order valence-corrected chi connectivity index (χ3v) is 6.31. The maximum atomic E-state index is 4.49. The molecule has 1 aromatic heterocycles. The molecular formula is C34H47N. The minimum absolute atomic E-state index is 0.479. The highest BCUT2D eigenvalue weighted by Crippen LogP contribution is 2.41. The third-order valence-electron chi connectivity index (χ3n) is 6.31. The molecule has 0 aliphatic carbocycles. The molecule has 0 radical (unpaired) electrons. The largest absolute Gasteiger partial charge is 0.336 e. The second-order valence-electron chi connectivity index (χ2n) is 9.01. The van der Waals surface area contributed by atoms with E-state index in [9.17, 15) is 0 Å². The van der Waals surface area contributed by atoms with Crippen LogP contribution in [0.3, 0.4) is 0 Å². The average Bonchev–Trinajstić information content (AvgIpc) is 3.16. The van der Waals surface area contributed by atoms with E-state index in [2.05, 4.69) is 102 Å². The Morgan fingerprint density at radius 2 is 1.71 bits per heavy atom. The van der Waals surface area contributed by atoms with Gasteiger partial charge in [0.2, 0.25) is 0 Å². The number of allylic oxidation sites excluding steroid dienone is 9. The first-order valence-electron chi connectivity index (χ1n) is 13.0. The molecule has 2 rings (SSSR count). The summed E-state index contributed by atoms with van der Waals surface area (Å²) < 4.78 is 2.43. The topological polar surface area (TPSA) is 4.93 Å². The van der Waals surface area contributed by atoms with E-state index in [-0.39, 0.29) is 0 Å². The van der Waals surface area contributed by atoms with Crippen molar-refractivity contribution in [2.45, 2.75) is 80.2 Å². The first-order chi connectivity index (χ1) is 16.7. The standard InChI is InChI=1S/C32H41N.C2H6/c1-11-15-25(10)32-31(26(14-4)16-12-2)29-18-17-27(22(5)6)20-30(29)33(32)21-28(23(7)8)19-24(9)13-3;1-2/h11,13,15,17-20,26H,3,5,7,9-10,12,14,16,21H2,1-2,4,6,8H3;1-2H3/b15-11-,28-19+;. The molecule has 0 saturated heterocycles. The van der Waals surface area contributed by atoms with E-state index in [0.717, 1.165) is 52.7 Å². The lowest BCUT2D eigenvalue weighted by Gasteiger charge is -2.19. The van der Waals surface area contributed by atoms with Crippen LogP contribution >= 0.6 is 0 Å². The second kappa shape index (κ2) is 14.4. The molecule has 0 aliphatic rings. The Balaban J connectivity index is 0.00000298. The lowest BCUT2D eigenvalue weighted by Crippen LogP contribution is -2.08. The zero-order valence-corrected chi connectivity index (χ0v) is 23.4. The van der Waals surface area contributed by atoms with Crippen LogP contribution in [0.2, 0.25) is 0 Å². The fourth-order valence-corrected chi connectivity index (χ4v) is 4.50. The van der Waals surface area contributed by atoms with Gasteiger partial charge in [0.15, 0.2) is 0 Å². The van der Waals surface area contributed by atoms with Gasteiger partial charge in [-0.25, -0.2) is 0 Å². The maximum Gasteiger partial charge on any atom is 0.0523 e. The van der Waals surface area contributed by atoms with Gasteiger partial charge in [-0.05, 0) is 73.4 Å². The van der Waals surface area contributed by atoms with Crippen molar-refractivity contribution in [2.75, 3.05) is 0 Å². The van der Waals surface area contributed by atoms with Gasteiger partial charge in [-0.1, -0.05) is 115 Å². The van der Waals surface area contributed by atoms with Crippen LogP contribution in [0.4, 0.5) is 0 Å². The van der Waals surface area contributed by atoms with Crippen LogP contribution < -0.4 is 0 Å². The van der Waals surface area contributed by atoms with Gasteiger partial charge in [-0.2, -0.15) is 0 Å². The molecule has 35 heavy (non-hydrogen) atoms. The van der Waals surface area contributed by atoms with Crippen LogP contribution in [0.15, 0.2) is 92.1 Å². The molecular weight excluding hydrogens is 422 g/mol. The molecule has 1 unspecified atom stereocenters. The summed E-state index contributed by atoms with van der Waals surface area (Å²) in [6, 6.07) is 6.77. The Bertz CT molecular complexity index is 1140. The minimum Gasteiger partial charge on any atom is -0.336 e. The van der Waals surface area contributed by atoms with Gasteiger partial charge in [0, 0.05) is 17.4 Å². The highest BCUT2D eigenvalue weighted by Gasteiger charge is 2.24. The molecule has 1 atom stereocenters. The fourth-order valence-electron chi connectivity index (χ4n) is 4.50. The predicted molar refractivity (Wildman–Crippen MR) is 162 cm³/mol. The molecule has 0 amide bonds. The van der Waals surface area contributed by atoms with E-state index in [4.69, 9.17) is 0 Å². The monoisotopic (exact) mass is 469 g/mol. The molecule has 1 aromatic carbocycles. The van der Waals surface area contributed by atoms with E-state index in [0.29, 0.717) is 12.5 Å². The van der Waals surface area contributed by atoms with Crippen molar-refractivity contribution < 1.29 is 0 Å². The van der Waals surface area contributed by atoms with E-state index < -0.39 is 0 Å². The SMILES string of the molecule is C=CC(=C)/C=C(\Cn1c(C(=C)/C=C\C)c(C(CC)CCC)c2ccc(C(=C)C)cc21)C(=C)C.CC. The van der Waals surface area contributed by atoms with Crippen molar-refractivity contribution in [3.63, 3.8) is 0 Å². The zero-order valence-electron chi connectivity index (χ0n) is 23.4. The summed E-state index contributed by atoms with van der Waals surface area (Å²) in [5, 5.41) is 1.31. The van der Waals surface area contributed by atoms with Gasteiger partial charge in [0.1, 0.15) is 0 Å². The van der Waals surface area contributed by atoms with Crippen LogP contribution in [0.25, 0.3) is 22.0 Å². The van der Waals surface area contributed by atoms with Crippen LogP contribution in [0.5, 0.6) is 0 Å². The summed E-state index contributed by atoms with van der Waals surface area (Å²) in [5.41, 5.74) is 10.2. The van der Waals surface area contributed by atoms with Crippen LogP contribution in [-0.4, -0.2) is 4.57 Å². The predicted octanol–water partition coefficient (Wildman–Crippen LogP) is 10.8. The summed E-state index contributed by atoms with van der Waals surface area (Å²) in [5.74, 6) is 0.479. The lowest BCUT2D eigenvalue weighted by molar-refractivity contribution is 0.595. The highest BCUT2D eigenvalue weighted by atomic mass is 15.0. The van der Waals surface area contributed by atoms with Crippen LogP contribution in [0, 0.1) is 0 Å². The quantitative estimate of drug-likeness (QED) is 0.272. The van der Waals surface area contributed by atoms with Gasteiger partial charge < -0.3 is 4.57 Å². The molecule has 188 valence electrons. The average molecular weight is 470 g/mol. The number of benzene rings is 1. The molecule has 1 nitrogen and oxygen atoms in total. The molecule has 0 bridgehead atoms. The Hall–Kier alpha value is -3.06. The van der Waals surface area contributed by atoms with Crippen LogP contribution in [-0.2, 0) is 6.54 Å². The van der Waals surface area contributed by atoms with Gasteiger partial charge in [0.25, 0.3) is 0 Å². The Kier molecular flexibility index (Phi) is 12.3. The number of fused-ring (bicyclic) bond motifs is 1. The van der Waals surface area contributed by atoms with Crippen molar-refractivity contribution in [3.8, 4) is 0 Å². The van der Waals surface area contributed by atoms with E-state index in [1.165, 1.54) is 22.2 Å². The summed E-state index contributed by atoms with van der Waals surface area (Å²) in [6.07, 6.45) is 11.5. The number of hydrogen-bond donors (Lipinski definition) is 0. The van der Waals surface area contributed by atoms with Crippen molar-refractivity contribution in [3.05, 3.63) is 109 Å². The smallest absolute Gasteiger partial charge is 0.0523 e. The van der Waals surface area contributed by atoms with Crippen molar-refractivity contribution in [2.24, 2.45) is 0 Å². The number of rotatable bonds is 12. The molecule has 1 heteroatoms. The maximum absolute atomic E-state index is 4.49. The minimum atomic E-state index is 0.479. The molecule has 2 aromatic rings. The molecule has 0 N–H and O–H groups in total. The van der Waals surface area contributed by atoms with Gasteiger partial charge >= 0.3 is 0 Å². The summed E-state index contributed by atoms with van der Waals surface area (Å²) in [6.45, 7) is 36.4. The van der Waals surface area contributed by atoms with Gasteiger partial charge in [0.05, 0.1) is 5.69 Å².